The lowest BCUT2D eigenvalue weighted by molar-refractivity contribution is 0.129. The molecule has 0 unspecified atom stereocenters. The zero-order chi connectivity index (χ0) is 9.66. The molecule has 0 aromatic heterocycles. The van der Waals surface area contributed by atoms with Crippen LogP contribution in [-0.4, -0.2) is 5.54 Å². The molecular weight excluding hydrogens is 170 g/mol. The van der Waals surface area contributed by atoms with Gasteiger partial charge in [0, 0.05) is 5.54 Å². The van der Waals surface area contributed by atoms with Gasteiger partial charge in [-0.05, 0) is 67.6 Å². The third kappa shape index (κ3) is 0.651. The summed E-state index contributed by atoms with van der Waals surface area (Å²) in [7, 11) is 0. The predicted molar refractivity (Wildman–Crippen MR) is 56.8 cm³/mol. The molecule has 0 heterocycles. The highest BCUT2D eigenvalue weighted by molar-refractivity contribution is 5.33. The van der Waals surface area contributed by atoms with Crippen LogP contribution in [0, 0.1) is 16.2 Å². The number of rotatable bonds is 3. The highest BCUT2D eigenvalue weighted by atomic mass is 15.0. The van der Waals surface area contributed by atoms with Gasteiger partial charge in [-0.1, -0.05) is 6.92 Å². The first-order valence-electron chi connectivity index (χ1n) is 6.37. The van der Waals surface area contributed by atoms with Crippen LogP contribution >= 0.6 is 0 Å². The minimum absolute atomic E-state index is 0.301. The third-order valence-electron chi connectivity index (χ3n) is 6.31. The summed E-state index contributed by atoms with van der Waals surface area (Å²) in [5.74, 6) is 0. The number of nitrogens with two attached hydrogens (primary N) is 1. The Morgan fingerprint density at radius 3 is 1.50 bits per heavy atom. The van der Waals surface area contributed by atoms with Crippen LogP contribution in [0.2, 0.25) is 0 Å². The van der Waals surface area contributed by atoms with E-state index >= 15 is 0 Å². The van der Waals surface area contributed by atoms with E-state index in [-0.39, 0.29) is 0 Å². The molecule has 0 bridgehead atoms. The zero-order valence-electron chi connectivity index (χ0n) is 9.23. The fraction of sp³-hybridized carbons (Fsp3) is 1.00. The lowest BCUT2D eigenvalue weighted by atomic mass is 9.69. The minimum atomic E-state index is 0.301. The van der Waals surface area contributed by atoms with E-state index in [9.17, 15) is 0 Å². The molecule has 0 saturated heterocycles. The molecule has 0 spiro atoms. The smallest absolute Gasteiger partial charge is 0.0218 e. The molecule has 1 nitrogen and oxygen atoms in total. The van der Waals surface area contributed by atoms with E-state index in [1.165, 1.54) is 51.4 Å². The SMILES string of the molecule is CC1(C2(C3(C4(N)CC4)CC3)CC2)CC1. The molecular formula is C13H21N. The molecule has 4 saturated carbocycles. The van der Waals surface area contributed by atoms with Crippen molar-refractivity contribution in [3.05, 3.63) is 0 Å². The van der Waals surface area contributed by atoms with Gasteiger partial charge in [0.15, 0.2) is 0 Å². The molecule has 0 radical (unpaired) electrons. The van der Waals surface area contributed by atoms with Crippen molar-refractivity contribution in [2.75, 3.05) is 0 Å². The Labute approximate surface area is 86.4 Å². The van der Waals surface area contributed by atoms with Crippen molar-refractivity contribution in [3.63, 3.8) is 0 Å². The predicted octanol–water partition coefficient (Wildman–Crippen LogP) is 2.84. The van der Waals surface area contributed by atoms with Crippen molar-refractivity contribution in [2.24, 2.45) is 22.0 Å². The Balaban J connectivity index is 1.75. The van der Waals surface area contributed by atoms with Crippen LogP contribution in [0.25, 0.3) is 0 Å². The van der Waals surface area contributed by atoms with Gasteiger partial charge >= 0.3 is 0 Å². The molecule has 0 aromatic carbocycles. The lowest BCUT2D eigenvalue weighted by Gasteiger charge is -2.37. The molecule has 14 heavy (non-hydrogen) atoms. The van der Waals surface area contributed by atoms with Crippen LogP contribution in [0.1, 0.15) is 58.3 Å². The van der Waals surface area contributed by atoms with Crippen molar-refractivity contribution in [1.82, 2.24) is 0 Å². The first kappa shape index (κ1) is 8.15. The molecule has 0 aliphatic heterocycles. The van der Waals surface area contributed by atoms with Gasteiger partial charge in [-0.2, -0.15) is 0 Å². The molecule has 0 amide bonds. The highest BCUT2D eigenvalue weighted by Crippen LogP contribution is 2.86. The van der Waals surface area contributed by atoms with Gasteiger partial charge < -0.3 is 5.73 Å². The minimum Gasteiger partial charge on any atom is -0.325 e. The fourth-order valence-corrected chi connectivity index (χ4v) is 4.64. The van der Waals surface area contributed by atoms with Crippen molar-refractivity contribution in [2.45, 2.75) is 63.8 Å². The number of hydrogen-bond donors (Lipinski definition) is 1. The topological polar surface area (TPSA) is 26.0 Å². The summed E-state index contributed by atoms with van der Waals surface area (Å²) in [6, 6.07) is 0. The molecule has 0 atom stereocenters. The average molecular weight is 191 g/mol. The maximum Gasteiger partial charge on any atom is 0.0218 e. The molecule has 78 valence electrons. The molecule has 2 N–H and O–H groups in total. The fourth-order valence-electron chi connectivity index (χ4n) is 4.64. The van der Waals surface area contributed by atoms with Crippen molar-refractivity contribution >= 4 is 0 Å². The van der Waals surface area contributed by atoms with Gasteiger partial charge in [0.1, 0.15) is 0 Å². The van der Waals surface area contributed by atoms with Gasteiger partial charge in [-0.25, -0.2) is 0 Å². The maximum atomic E-state index is 6.54. The standard InChI is InChI=1S/C13H21N/c1-10(2-3-10)11(4-5-11)12(6-7-12)13(14)8-9-13/h2-9,14H2,1H3. The van der Waals surface area contributed by atoms with Gasteiger partial charge in [-0.15, -0.1) is 0 Å². The summed E-state index contributed by atoms with van der Waals surface area (Å²) in [6.45, 7) is 2.53. The average Bonchev–Trinajstić information content (AvgIpc) is 2.96. The van der Waals surface area contributed by atoms with Crippen molar-refractivity contribution in [3.8, 4) is 0 Å². The Bertz CT molecular complexity index is 269. The van der Waals surface area contributed by atoms with Gasteiger partial charge in [0.2, 0.25) is 0 Å². The van der Waals surface area contributed by atoms with Crippen LogP contribution < -0.4 is 5.73 Å². The van der Waals surface area contributed by atoms with Gasteiger partial charge in [-0.3, -0.25) is 0 Å². The Kier molecular flexibility index (Phi) is 1.06. The summed E-state index contributed by atoms with van der Waals surface area (Å²) < 4.78 is 0. The summed E-state index contributed by atoms with van der Waals surface area (Å²) in [5.41, 5.74) is 8.92. The van der Waals surface area contributed by atoms with E-state index in [4.69, 9.17) is 5.73 Å². The summed E-state index contributed by atoms with van der Waals surface area (Å²) >= 11 is 0. The van der Waals surface area contributed by atoms with Crippen LogP contribution in [0.3, 0.4) is 0 Å². The molecule has 1 heteroatoms. The summed E-state index contributed by atoms with van der Waals surface area (Å²) in [6.07, 6.45) is 11.6. The summed E-state index contributed by atoms with van der Waals surface area (Å²) in [4.78, 5) is 0. The first-order valence-corrected chi connectivity index (χ1v) is 6.37. The monoisotopic (exact) mass is 191 g/mol. The molecule has 4 rings (SSSR count). The van der Waals surface area contributed by atoms with E-state index in [1.54, 1.807) is 0 Å². The van der Waals surface area contributed by atoms with E-state index in [2.05, 4.69) is 6.92 Å². The largest absolute Gasteiger partial charge is 0.325 e. The second kappa shape index (κ2) is 1.81. The molecule has 4 fully saturated rings. The molecule has 4 aliphatic carbocycles. The Morgan fingerprint density at radius 1 is 0.714 bits per heavy atom. The van der Waals surface area contributed by atoms with Gasteiger partial charge in [0.25, 0.3) is 0 Å². The van der Waals surface area contributed by atoms with Crippen molar-refractivity contribution in [1.29, 1.82) is 0 Å². The van der Waals surface area contributed by atoms with Crippen LogP contribution in [0.15, 0.2) is 0 Å². The molecule has 0 aromatic rings. The lowest BCUT2D eigenvalue weighted by Crippen LogP contribution is -2.43. The second-order valence-corrected chi connectivity index (χ2v) is 6.88. The van der Waals surface area contributed by atoms with E-state index in [1.807, 2.05) is 0 Å². The quantitative estimate of drug-likeness (QED) is 0.729. The van der Waals surface area contributed by atoms with Crippen LogP contribution in [0.4, 0.5) is 0 Å². The first-order chi connectivity index (χ1) is 6.58. The van der Waals surface area contributed by atoms with Gasteiger partial charge in [0.05, 0.1) is 0 Å². The van der Waals surface area contributed by atoms with Crippen molar-refractivity contribution < 1.29 is 0 Å². The molecule has 4 aliphatic rings. The number of hydrogen-bond acceptors (Lipinski definition) is 1. The zero-order valence-corrected chi connectivity index (χ0v) is 9.23. The van der Waals surface area contributed by atoms with E-state index in [0.717, 1.165) is 10.8 Å². The maximum absolute atomic E-state index is 6.54. The Morgan fingerprint density at radius 2 is 1.21 bits per heavy atom. The second-order valence-electron chi connectivity index (χ2n) is 6.88. The van der Waals surface area contributed by atoms with Crippen LogP contribution in [-0.2, 0) is 0 Å². The third-order valence-corrected chi connectivity index (χ3v) is 6.31. The van der Waals surface area contributed by atoms with E-state index < -0.39 is 0 Å². The summed E-state index contributed by atoms with van der Waals surface area (Å²) in [5, 5.41) is 0. The van der Waals surface area contributed by atoms with E-state index in [0.29, 0.717) is 11.0 Å². The van der Waals surface area contributed by atoms with Crippen LogP contribution in [0.5, 0.6) is 0 Å². The highest BCUT2D eigenvalue weighted by Gasteiger charge is 2.81. The normalized spacial score (nSPS) is 41.6. The Hall–Kier alpha value is -0.0400.